The number of carbonyl (C=O) groups excluding carboxylic acids is 2. The second-order valence-corrected chi connectivity index (χ2v) is 9.85. The molecule has 1 saturated heterocycles. The maximum absolute atomic E-state index is 12.6. The van der Waals surface area contributed by atoms with Crippen molar-refractivity contribution in [1.82, 2.24) is 10.2 Å². The number of rotatable bonds is 8. The molecule has 2 N–H and O–H groups in total. The molecule has 0 saturated carbocycles. The lowest BCUT2D eigenvalue weighted by Gasteiger charge is -2.36. The molecule has 1 heterocycles. The molecule has 1 fully saturated rings. The maximum Gasteiger partial charge on any atom is 0.407 e. The summed E-state index contributed by atoms with van der Waals surface area (Å²) < 4.78 is 5.58. The fraction of sp³-hybridized carbons (Fsp3) is 0.464. The number of carbonyl (C=O) groups is 3. The molecule has 3 unspecified atom stereocenters. The Morgan fingerprint density at radius 1 is 1.09 bits per heavy atom. The Balaban J connectivity index is 1.20. The van der Waals surface area contributed by atoms with E-state index < -0.39 is 12.1 Å². The standard InChI is InChI=1S/C28H34N2O5/c1-18(11-12-26(31)30-14-13-20(27(32)33)15-19(30)2)16-29-28(34)35-17-25-23-9-5-3-7-21(23)22-8-4-6-10-24(22)25/h3-10,18-20,25H,11-17H2,1-2H3,(H,29,34)(H,32,33). The minimum Gasteiger partial charge on any atom is -0.481 e. The highest BCUT2D eigenvalue weighted by Gasteiger charge is 2.32. The lowest BCUT2D eigenvalue weighted by atomic mass is 9.91. The van der Waals surface area contributed by atoms with Gasteiger partial charge in [0.2, 0.25) is 5.91 Å². The molecular formula is C28H34N2O5. The molecule has 2 aliphatic rings. The van der Waals surface area contributed by atoms with Gasteiger partial charge in [-0.05, 0) is 54.4 Å². The Morgan fingerprint density at radius 3 is 2.31 bits per heavy atom. The number of benzene rings is 2. The van der Waals surface area contributed by atoms with E-state index in [-0.39, 0.29) is 36.3 Å². The first kappa shape index (κ1) is 24.8. The fourth-order valence-corrected chi connectivity index (χ4v) is 5.29. The Labute approximate surface area is 206 Å². The van der Waals surface area contributed by atoms with Crippen LogP contribution in [-0.2, 0) is 14.3 Å². The zero-order chi connectivity index (χ0) is 24.9. The summed E-state index contributed by atoms with van der Waals surface area (Å²) >= 11 is 0. The quantitative estimate of drug-likeness (QED) is 0.576. The lowest BCUT2D eigenvalue weighted by Crippen LogP contribution is -2.46. The van der Waals surface area contributed by atoms with Crippen LogP contribution in [-0.4, -0.2) is 53.7 Å². The molecule has 7 heteroatoms. The minimum absolute atomic E-state index is 0.0236. The molecule has 0 bridgehead atoms. The number of nitrogens with zero attached hydrogens (tertiary/aromatic N) is 1. The molecule has 2 aromatic rings. The minimum atomic E-state index is -0.781. The van der Waals surface area contributed by atoms with Crippen molar-refractivity contribution < 1.29 is 24.2 Å². The highest BCUT2D eigenvalue weighted by Crippen LogP contribution is 2.44. The van der Waals surface area contributed by atoms with Crippen LogP contribution < -0.4 is 5.32 Å². The summed E-state index contributed by atoms with van der Waals surface area (Å²) in [7, 11) is 0. The van der Waals surface area contributed by atoms with Crippen LogP contribution in [0.3, 0.4) is 0 Å². The first-order chi connectivity index (χ1) is 16.8. The van der Waals surface area contributed by atoms with Crippen LogP contribution in [0.1, 0.15) is 56.6 Å². The maximum atomic E-state index is 12.6. The van der Waals surface area contributed by atoms with Crippen LogP contribution in [0.25, 0.3) is 11.1 Å². The number of ether oxygens (including phenoxy) is 1. The Kier molecular flexibility index (Phi) is 7.73. The van der Waals surface area contributed by atoms with Crippen LogP contribution in [0.2, 0.25) is 0 Å². The summed E-state index contributed by atoms with van der Waals surface area (Å²) in [6.07, 6.45) is 1.59. The number of amides is 2. The van der Waals surface area contributed by atoms with E-state index in [1.54, 1.807) is 4.90 Å². The van der Waals surface area contributed by atoms with Crippen LogP contribution in [0, 0.1) is 11.8 Å². The van der Waals surface area contributed by atoms with Crippen molar-refractivity contribution in [3.05, 3.63) is 59.7 Å². The van der Waals surface area contributed by atoms with E-state index in [1.807, 2.05) is 38.1 Å². The fourth-order valence-electron chi connectivity index (χ4n) is 5.29. The topological polar surface area (TPSA) is 95.9 Å². The van der Waals surface area contributed by atoms with Crippen molar-refractivity contribution in [2.24, 2.45) is 11.8 Å². The van der Waals surface area contributed by atoms with Gasteiger partial charge < -0.3 is 20.1 Å². The largest absolute Gasteiger partial charge is 0.481 e. The van der Waals surface area contributed by atoms with Crippen molar-refractivity contribution in [3.8, 4) is 11.1 Å². The third-order valence-electron chi connectivity index (χ3n) is 7.34. The first-order valence-corrected chi connectivity index (χ1v) is 12.5. The number of fused-ring (bicyclic) bond motifs is 3. The van der Waals surface area contributed by atoms with Gasteiger partial charge in [0.25, 0.3) is 0 Å². The lowest BCUT2D eigenvalue weighted by molar-refractivity contribution is -0.147. The smallest absolute Gasteiger partial charge is 0.407 e. The number of alkyl carbamates (subject to hydrolysis) is 1. The first-order valence-electron chi connectivity index (χ1n) is 12.5. The van der Waals surface area contributed by atoms with E-state index in [4.69, 9.17) is 4.74 Å². The zero-order valence-electron chi connectivity index (χ0n) is 20.4. The van der Waals surface area contributed by atoms with Crippen molar-refractivity contribution >= 4 is 18.0 Å². The number of nitrogens with one attached hydrogen (secondary N) is 1. The van der Waals surface area contributed by atoms with E-state index in [0.717, 1.165) is 0 Å². The molecule has 7 nitrogen and oxygen atoms in total. The monoisotopic (exact) mass is 478 g/mol. The molecule has 2 aromatic carbocycles. The SMILES string of the molecule is CC(CCC(=O)N1CCC(C(=O)O)CC1C)CNC(=O)OCC1c2ccccc2-c2ccccc21. The normalized spacial score (nSPS) is 20.0. The van der Waals surface area contributed by atoms with E-state index in [0.29, 0.717) is 38.8 Å². The average Bonchev–Trinajstić information content (AvgIpc) is 3.18. The summed E-state index contributed by atoms with van der Waals surface area (Å²) in [6.45, 7) is 5.10. The van der Waals surface area contributed by atoms with Crippen LogP contribution in [0.4, 0.5) is 4.79 Å². The van der Waals surface area contributed by atoms with E-state index >= 15 is 0 Å². The highest BCUT2D eigenvalue weighted by molar-refractivity contribution is 5.79. The molecule has 4 rings (SSSR count). The molecule has 0 radical (unpaired) electrons. The van der Waals surface area contributed by atoms with Gasteiger partial charge in [-0.15, -0.1) is 0 Å². The van der Waals surface area contributed by atoms with Crippen LogP contribution in [0.5, 0.6) is 0 Å². The zero-order valence-corrected chi connectivity index (χ0v) is 20.4. The third-order valence-corrected chi connectivity index (χ3v) is 7.34. The van der Waals surface area contributed by atoms with E-state index in [1.165, 1.54) is 22.3 Å². The summed E-state index contributed by atoms with van der Waals surface area (Å²) in [5.41, 5.74) is 4.73. The summed E-state index contributed by atoms with van der Waals surface area (Å²) in [6, 6.07) is 16.4. The van der Waals surface area contributed by atoms with Crippen molar-refractivity contribution in [3.63, 3.8) is 0 Å². The van der Waals surface area contributed by atoms with Gasteiger partial charge in [-0.25, -0.2) is 4.79 Å². The van der Waals surface area contributed by atoms with Gasteiger partial charge in [0.15, 0.2) is 0 Å². The molecule has 0 spiro atoms. The second kappa shape index (κ2) is 10.9. The number of likely N-dealkylation sites (tertiary alicyclic amines) is 1. The van der Waals surface area contributed by atoms with Gasteiger partial charge >= 0.3 is 12.1 Å². The van der Waals surface area contributed by atoms with Gasteiger partial charge in [-0.3, -0.25) is 9.59 Å². The number of carboxylic acids is 1. The Morgan fingerprint density at radius 2 is 1.71 bits per heavy atom. The van der Waals surface area contributed by atoms with Crippen molar-refractivity contribution in [2.45, 2.75) is 51.5 Å². The van der Waals surface area contributed by atoms with Crippen LogP contribution >= 0.6 is 0 Å². The molecule has 0 aromatic heterocycles. The number of hydrogen-bond acceptors (Lipinski definition) is 4. The summed E-state index contributed by atoms with van der Waals surface area (Å²) in [5.74, 6) is -0.956. The number of carboxylic acid groups (broad SMARTS) is 1. The molecule has 35 heavy (non-hydrogen) atoms. The predicted molar refractivity (Wildman–Crippen MR) is 133 cm³/mol. The Hall–Kier alpha value is -3.35. The number of aliphatic carboxylic acids is 1. The molecule has 3 atom stereocenters. The van der Waals surface area contributed by atoms with Gasteiger partial charge in [0.1, 0.15) is 6.61 Å². The van der Waals surface area contributed by atoms with E-state index in [9.17, 15) is 19.5 Å². The van der Waals surface area contributed by atoms with Crippen molar-refractivity contribution in [2.75, 3.05) is 19.7 Å². The van der Waals surface area contributed by atoms with Gasteiger partial charge in [0.05, 0.1) is 5.92 Å². The molecule has 2 amide bonds. The van der Waals surface area contributed by atoms with E-state index in [2.05, 4.69) is 29.6 Å². The average molecular weight is 479 g/mol. The molecule has 186 valence electrons. The van der Waals surface area contributed by atoms with Crippen LogP contribution in [0.15, 0.2) is 48.5 Å². The molecular weight excluding hydrogens is 444 g/mol. The van der Waals surface area contributed by atoms with Gasteiger partial charge in [-0.2, -0.15) is 0 Å². The molecule has 1 aliphatic carbocycles. The summed E-state index contributed by atoms with van der Waals surface area (Å²) in [5, 5.41) is 12.0. The highest BCUT2D eigenvalue weighted by atomic mass is 16.5. The predicted octanol–water partition coefficient (Wildman–Crippen LogP) is 4.65. The second-order valence-electron chi connectivity index (χ2n) is 9.85. The molecule has 1 aliphatic heterocycles. The van der Waals surface area contributed by atoms with Crippen molar-refractivity contribution in [1.29, 1.82) is 0 Å². The summed E-state index contributed by atoms with van der Waals surface area (Å²) in [4.78, 5) is 38.0. The van der Waals surface area contributed by atoms with Gasteiger partial charge in [-0.1, -0.05) is 55.5 Å². The van der Waals surface area contributed by atoms with Gasteiger partial charge in [0, 0.05) is 31.5 Å². The number of piperidine rings is 1. The Bertz CT molecular complexity index is 1040. The number of hydrogen-bond donors (Lipinski definition) is 2. The third kappa shape index (κ3) is 5.66.